The lowest BCUT2D eigenvalue weighted by molar-refractivity contribution is 0.604. The number of nitrogens with zero attached hydrogens (tertiary/aromatic N) is 5. The maximum Gasteiger partial charge on any atom is 0.225 e. The lowest BCUT2D eigenvalue weighted by atomic mass is 10.2. The molecule has 2 aliphatic rings. The number of aliphatic imine (C=N–C) groups is 4. The molecule has 0 saturated carbocycles. The molecule has 1 unspecified atom stereocenters. The Kier molecular flexibility index (Phi) is 1.88. The van der Waals surface area contributed by atoms with E-state index in [1.54, 1.807) is 0 Å². The number of hydrogen-bond acceptors (Lipinski definition) is 5. The van der Waals surface area contributed by atoms with Crippen molar-refractivity contribution in [3.05, 3.63) is 0 Å². The molecule has 0 bridgehead atoms. The standard InChI is InChI=1S/C7H8ClN5/c1-13(2)6-4-5(10-3-9-4)11-7(8)12-6/h3-4H,1-2H3. The van der Waals surface area contributed by atoms with Crippen molar-refractivity contribution in [1.29, 1.82) is 0 Å². The zero-order valence-electron chi connectivity index (χ0n) is 7.27. The van der Waals surface area contributed by atoms with Crippen LogP contribution in [0.2, 0.25) is 0 Å². The molecule has 0 aliphatic carbocycles. The average molecular weight is 198 g/mol. The third-order valence-electron chi connectivity index (χ3n) is 1.77. The van der Waals surface area contributed by atoms with Crippen LogP contribution in [-0.4, -0.2) is 48.3 Å². The van der Waals surface area contributed by atoms with Gasteiger partial charge in [0.15, 0.2) is 11.9 Å². The monoisotopic (exact) mass is 197 g/mol. The molecule has 0 radical (unpaired) electrons. The molecular weight excluding hydrogens is 190 g/mol. The molecule has 68 valence electrons. The van der Waals surface area contributed by atoms with Crippen LogP contribution in [0.1, 0.15) is 0 Å². The quantitative estimate of drug-likeness (QED) is 0.518. The van der Waals surface area contributed by atoms with Crippen LogP contribution in [0.4, 0.5) is 0 Å². The van der Waals surface area contributed by atoms with Crippen molar-refractivity contribution in [2.45, 2.75) is 6.04 Å². The molecule has 2 aliphatic heterocycles. The van der Waals surface area contributed by atoms with Crippen LogP contribution in [0.5, 0.6) is 0 Å². The summed E-state index contributed by atoms with van der Waals surface area (Å²) in [5.41, 5.74) is 0. The Balaban J connectivity index is 2.41. The minimum atomic E-state index is -0.169. The Hall–Kier alpha value is -1.23. The van der Waals surface area contributed by atoms with E-state index in [9.17, 15) is 0 Å². The largest absolute Gasteiger partial charge is 0.364 e. The van der Waals surface area contributed by atoms with Crippen LogP contribution in [0, 0.1) is 0 Å². The van der Waals surface area contributed by atoms with E-state index in [1.807, 2.05) is 19.0 Å². The predicted molar refractivity (Wildman–Crippen MR) is 54.1 cm³/mol. The van der Waals surface area contributed by atoms with E-state index >= 15 is 0 Å². The highest BCUT2D eigenvalue weighted by molar-refractivity contribution is 6.67. The summed E-state index contributed by atoms with van der Waals surface area (Å²) in [6, 6.07) is -0.169. The van der Waals surface area contributed by atoms with Crippen LogP contribution >= 0.6 is 11.6 Å². The van der Waals surface area contributed by atoms with E-state index in [2.05, 4.69) is 20.0 Å². The van der Waals surface area contributed by atoms with Crippen LogP contribution in [0.15, 0.2) is 20.0 Å². The van der Waals surface area contributed by atoms with Crippen LogP contribution < -0.4 is 0 Å². The Morgan fingerprint density at radius 3 is 2.85 bits per heavy atom. The van der Waals surface area contributed by atoms with Gasteiger partial charge in [-0.2, -0.15) is 4.99 Å². The Labute approximate surface area is 80.6 Å². The average Bonchev–Trinajstić information content (AvgIpc) is 2.49. The minimum absolute atomic E-state index is 0.169. The number of rotatable bonds is 0. The summed E-state index contributed by atoms with van der Waals surface area (Å²) in [6.45, 7) is 0. The first-order chi connectivity index (χ1) is 6.18. The van der Waals surface area contributed by atoms with Gasteiger partial charge in [0.05, 0.1) is 0 Å². The second-order valence-electron chi connectivity index (χ2n) is 2.90. The van der Waals surface area contributed by atoms with Gasteiger partial charge in [0.2, 0.25) is 5.29 Å². The van der Waals surface area contributed by atoms with Gasteiger partial charge >= 0.3 is 0 Å². The molecule has 0 aromatic heterocycles. The van der Waals surface area contributed by atoms with Crippen LogP contribution in [0.25, 0.3) is 0 Å². The molecule has 0 aromatic carbocycles. The summed E-state index contributed by atoms with van der Waals surface area (Å²) in [7, 11) is 3.78. The van der Waals surface area contributed by atoms with E-state index in [0.717, 1.165) is 5.84 Å². The van der Waals surface area contributed by atoms with E-state index in [1.165, 1.54) is 6.34 Å². The second kappa shape index (κ2) is 2.92. The van der Waals surface area contributed by atoms with Crippen molar-refractivity contribution < 1.29 is 0 Å². The Morgan fingerprint density at radius 2 is 2.15 bits per heavy atom. The maximum atomic E-state index is 5.72. The number of fused-ring (bicyclic) bond motifs is 1. The third kappa shape index (κ3) is 1.35. The van der Waals surface area contributed by atoms with Gasteiger partial charge in [0, 0.05) is 14.1 Å². The molecule has 0 saturated heterocycles. The molecule has 1 atom stereocenters. The van der Waals surface area contributed by atoms with Crippen molar-refractivity contribution in [1.82, 2.24) is 4.90 Å². The molecule has 0 N–H and O–H groups in total. The highest BCUT2D eigenvalue weighted by atomic mass is 35.5. The SMILES string of the molecule is CN(C)C1=NC(Cl)=NC2=NC=NC21. The van der Waals surface area contributed by atoms with Crippen molar-refractivity contribution in [3.8, 4) is 0 Å². The molecule has 5 nitrogen and oxygen atoms in total. The fourth-order valence-electron chi connectivity index (χ4n) is 1.19. The van der Waals surface area contributed by atoms with Gasteiger partial charge in [-0.3, -0.25) is 4.99 Å². The van der Waals surface area contributed by atoms with Gasteiger partial charge in [0.25, 0.3) is 0 Å². The van der Waals surface area contributed by atoms with Crippen molar-refractivity contribution >= 4 is 34.9 Å². The fourth-order valence-corrected chi connectivity index (χ4v) is 1.36. The first-order valence-corrected chi connectivity index (χ1v) is 4.15. The lowest BCUT2D eigenvalue weighted by Gasteiger charge is -2.21. The molecule has 2 heterocycles. The number of halogens is 1. The van der Waals surface area contributed by atoms with Crippen molar-refractivity contribution in [2.75, 3.05) is 14.1 Å². The van der Waals surface area contributed by atoms with Crippen molar-refractivity contribution in [3.63, 3.8) is 0 Å². The summed E-state index contributed by atoms with van der Waals surface area (Å²) in [5.74, 6) is 1.39. The number of likely N-dealkylation sites (N-methyl/N-ethyl adjacent to an activating group) is 1. The van der Waals surface area contributed by atoms with E-state index in [0.29, 0.717) is 5.84 Å². The highest BCUT2D eigenvalue weighted by Gasteiger charge is 2.29. The molecule has 0 spiro atoms. The number of amidine groups is 3. The van der Waals surface area contributed by atoms with Gasteiger partial charge < -0.3 is 4.90 Å². The Bertz CT molecular complexity index is 352. The van der Waals surface area contributed by atoms with Gasteiger partial charge in [-0.1, -0.05) is 0 Å². The summed E-state index contributed by atoms with van der Waals surface area (Å²) in [4.78, 5) is 18.0. The lowest BCUT2D eigenvalue weighted by Crippen LogP contribution is -2.39. The zero-order valence-corrected chi connectivity index (χ0v) is 8.02. The normalized spacial score (nSPS) is 24.8. The molecular formula is C7H8ClN5. The summed E-state index contributed by atoms with van der Waals surface area (Å²) < 4.78 is 0. The first kappa shape index (κ1) is 8.37. The second-order valence-corrected chi connectivity index (χ2v) is 3.24. The smallest absolute Gasteiger partial charge is 0.225 e. The van der Waals surface area contributed by atoms with Gasteiger partial charge in [-0.15, -0.1) is 0 Å². The van der Waals surface area contributed by atoms with E-state index < -0.39 is 0 Å². The highest BCUT2D eigenvalue weighted by Crippen LogP contribution is 2.13. The van der Waals surface area contributed by atoms with E-state index in [4.69, 9.17) is 11.6 Å². The summed E-state index contributed by atoms with van der Waals surface area (Å²) in [5, 5.41) is 0.212. The zero-order chi connectivity index (χ0) is 9.42. The van der Waals surface area contributed by atoms with Gasteiger partial charge in [0.1, 0.15) is 12.2 Å². The predicted octanol–water partition coefficient (Wildman–Crippen LogP) is 0.364. The number of hydrogen-bond donors (Lipinski definition) is 0. The molecule has 13 heavy (non-hydrogen) atoms. The summed E-state index contributed by atoms with van der Waals surface area (Å²) >= 11 is 5.72. The van der Waals surface area contributed by atoms with Gasteiger partial charge in [-0.25, -0.2) is 9.98 Å². The third-order valence-corrected chi connectivity index (χ3v) is 1.94. The molecule has 0 amide bonds. The van der Waals surface area contributed by atoms with Crippen LogP contribution in [-0.2, 0) is 0 Å². The topological polar surface area (TPSA) is 52.7 Å². The molecule has 2 rings (SSSR count). The molecule has 0 fully saturated rings. The summed E-state index contributed by atoms with van der Waals surface area (Å²) in [6.07, 6.45) is 1.48. The van der Waals surface area contributed by atoms with Gasteiger partial charge in [-0.05, 0) is 11.6 Å². The minimum Gasteiger partial charge on any atom is -0.364 e. The maximum absolute atomic E-state index is 5.72. The Morgan fingerprint density at radius 1 is 1.38 bits per heavy atom. The van der Waals surface area contributed by atoms with Crippen molar-refractivity contribution in [2.24, 2.45) is 20.0 Å². The van der Waals surface area contributed by atoms with E-state index in [-0.39, 0.29) is 11.3 Å². The first-order valence-electron chi connectivity index (χ1n) is 3.78. The molecule has 6 heteroatoms. The molecule has 0 aromatic rings. The van der Waals surface area contributed by atoms with Crippen LogP contribution in [0.3, 0.4) is 0 Å². The fraction of sp³-hybridized carbons (Fsp3) is 0.429.